The van der Waals surface area contributed by atoms with Crippen LogP contribution in [-0.2, 0) is 12.8 Å². The van der Waals surface area contributed by atoms with Crippen molar-refractivity contribution >= 4 is 27.6 Å². The lowest BCUT2D eigenvalue weighted by atomic mass is 10.1. The highest BCUT2D eigenvalue weighted by Gasteiger charge is 2.36. The zero-order chi connectivity index (χ0) is 13.6. The van der Waals surface area contributed by atoms with Crippen LogP contribution in [0.25, 0.3) is 0 Å². The van der Waals surface area contributed by atoms with Gasteiger partial charge in [-0.1, -0.05) is 0 Å². The van der Waals surface area contributed by atoms with Crippen molar-refractivity contribution in [3.63, 3.8) is 0 Å². The molecule has 2 N–H and O–H groups in total. The molecule has 0 radical (unpaired) electrons. The van der Waals surface area contributed by atoms with Gasteiger partial charge in [-0.2, -0.15) is 0 Å². The van der Waals surface area contributed by atoms with E-state index < -0.39 is 5.92 Å². The van der Waals surface area contributed by atoms with E-state index in [2.05, 4.69) is 20.9 Å². The van der Waals surface area contributed by atoms with Crippen molar-refractivity contribution in [3.8, 4) is 0 Å². The molecule has 19 heavy (non-hydrogen) atoms. The van der Waals surface area contributed by atoms with Crippen molar-refractivity contribution in [2.75, 3.05) is 23.7 Å². The number of pyridine rings is 1. The van der Waals surface area contributed by atoms with Crippen LogP contribution < -0.4 is 10.6 Å². The fourth-order valence-electron chi connectivity index (χ4n) is 2.93. The van der Waals surface area contributed by atoms with Crippen molar-refractivity contribution in [3.05, 3.63) is 15.6 Å². The van der Waals surface area contributed by atoms with E-state index >= 15 is 0 Å². The number of alkyl halides is 2. The van der Waals surface area contributed by atoms with Crippen molar-refractivity contribution in [2.24, 2.45) is 0 Å². The molecule has 1 aromatic heterocycles. The van der Waals surface area contributed by atoms with Crippen molar-refractivity contribution in [1.29, 1.82) is 0 Å². The minimum Gasteiger partial charge on any atom is -0.383 e. The maximum Gasteiger partial charge on any atom is 0.251 e. The summed E-state index contributed by atoms with van der Waals surface area (Å²) in [7, 11) is 0. The normalized spacial score (nSPS) is 21.5. The number of hydrogen-bond donors (Lipinski definition) is 1. The first-order valence-corrected chi connectivity index (χ1v) is 7.37. The molecule has 0 atom stereocenters. The minimum absolute atomic E-state index is 0.0978. The number of fused-ring (bicyclic) bond motifs is 1. The Balaban J connectivity index is 1.94. The molecule has 0 unspecified atom stereocenters. The number of anilines is 2. The Kier molecular flexibility index (Phi) is 3.15. The Labute approximate surface area is 119 Å². The summed E-state index contributed by atoms with van der Waals surface area (Å²) in [4.78, 5) is 6.39. The molecule has 0 saturated carbocycles. The highest BCUT2D eigenvalue weighted by atomic mass is 79.9. The third-order valence-electron chi connectivity index (χ3n) is 4.00. The molecule has 1 saturated heterocycles. The topological polar surface area (TPSA) is 42.1 Å². The molecule has 1 fully saturated rings. The third-order valence-corrected chi connectivity index (χ3v) is 4.88. The van der Waals surface area contributed by atoms with Crippen LogP contribution in [0, 0.1) is 0 Å². The van der Waals surface area contributed by atoms with E-state index in [1.54, 1.807) is 0 Å². The number of nitrogens with zero attached hydrogens (tertiary/aromatic N) is 2. The molecule has 104 valence electrons. The van der Waals surface area contributed by atoms with Crippen LogP contribution in [0.1, 0.15) is 30.4 Å². The van der Waals surface area contributed by atoms with Crippen LogP contribution in [0.2, 0.25) is 0 Å². The number of hydrogen-bond acceptors (Lipinski definition) is 3. The van der Waals surface area contributed by atoms with Gasteiger partial charge in [0.05, 0.1) is 4.47 Å². The number of halogens is 3. The highest BCUT2D eigenvalue weighted by Crippen LogP contribution is 2.39. The maximum atomic E-state index is 13.2. The molecule has 1 aliphatic carbocycles. The monoisotopic (exact) mass is 331 g/mol. The van der Waals surface area contributed by atoms with Crippen molar-refractivity contribution < 1.29 is 8.78 Å². The van der Waals surface area contributed by atoms with Gasteiger partial charge in [0.15, 0.2) is 0 Å². The summed E-state index contributed by atoms with van der Waals surface area (Å²) in [5.41, 5.74) is 8.32. The van der Waals surface area contributed by atoms with Gasteiger partial charge in [-0.25, -0.2) is 13.8 Å². The predicted octanol–water partition coefficient (Wildman–Crippen LogP) is 3.15. The van der Waals surface area contributed by atoms with Crippen LogP contribution >= 0.6 is 15.9 Å². The largest absolute Gasteiger partial charge is 0.383 e. The van der Waals surface area contributed by atoms with Crippen LogP contribution in [0.4, 0.5) is 20.4 Å². The first-order valence-electron chi connectivity index (χ1n) is 6.57. The van der Waals surface area contributed by atoms with Gasteiger partial charge < -0.3 is 10.6 Å². The van der Waals surface area contributed by atoms with Gasteiger partial charge in [0.1, 0.15) is 11.6 Å². The van der Waals surface area contributed by atoms with E-state index in [4.69, 9.17) is 5.73 Å². The molecule has 2 aliphatic rings. The summed E-state index contributed by atoms with van der Waals surface area (Å²) in [6.45, 7) is 0.709. The number of rotatable bonds is 1. The maximum absolute atomic E-state index is 13.2. The van der Waals surface area contributed by atoms with E-state index in [1.807, 2.05) is 4.90 Å². The Morgan fingerprint density at radius 1 is 1.16 bits per heavy atom. The molecule has 2 heterocycles. The number of nitrogen functional groups attached to an aromatic ring is 1. The Hall–Kier alpha value is -0.910. The summed E-state index contributed by atoms with van der Waals surface area (Å²) in [5.74, 6) is -1.24. The summed E-state index contributed by atoms with van der Waals surface area (Å²) in [5, 5.41) is 0. The molecule has 1 aliphatic heterocycles. The van der Waals surface area contributed by atoms with Gasteiger partial charge >= 0.3 is 0 Å². The molecule has 0 amide bonds. The van der Waals surface area contributed by atoms with Crippen molar-refractivity contribution in [1.82, 2.24) is 4.98 Å². The fraction of sp³-hybridized carbons (Fsp3) is 0.615. The molecule has 0 aromatic carbocycles. The fourth-order valence-corrected chi connectivity index (χ4v) is 3.45. The van der Waals surface area contributed by atoms with Crippen LogP contribution in [-0.4, -0.2) is 24.0 Å². The molecule has 3 nitrogen and oxygen atoms in total. The van der Waals surface area contributed by atoms with Crippen LogP contribution in [0.3, 0.4) is 0 Å². The third kappa shape index (κ3) is 2.30. The lowest BCUT2D eigenvalue weighted by molar-refractivity contribution is -0.0221. The predicted molar refractivity (Wildman–Crippen MR) is 74.8 cm³/mol. The zero-order valence-corrected chi connectivity index (χ0v) is 12.1. The second-order valence-electron chi connectivity index (χ2n) is 5.29. The summed E-state index contributed by atoms with van der Waals surface area (Å²) >= 11 is 3.48. The van der Waals surface area contributed by atoms with E-state index in [0.717, 1.165) is 29.6 Å². The Morgan fingerprint density at radius 2 is 1.79 bits per heavy atom. The minimum atomic E-state index is -2.53. The summed E-state index contributed by atoms with van der Waals surface area (Å²) < 4.78 is 27.3. The lowest BCUT2D eigenvalue weighted by Crippen LogP contribution is -2.40. The Morgan fingerprint density at radius 3 is 2.47 bits per heavy atom. The molecule has 1 aromatic rings. The summed E-state index contributed by atoms with van der Waals surface area (Å²) in [6.07, 6.45) is 2.83. The van der Waals surface area contributed by atoms with Gasteiger partial charge in [0.25, 0.3) is 5.92 Å². The Bertz CT molecular complexity index is 509. The van der Waals surface area contributed by atoms with Crippen molar-refractivity contribution in [2.45, 2.75) is 38.0 Å². The average molecular weight is 332 g/mol. The van der Waals surface area contributed by atoms with Gasteiger partial charge in [0.2, 0.25) is 0 Å². The van der Waals surface area contributed by atoms with Gasteiger partial charge in [0, 0.05) is 25.9 Å². The first kappa shape index (κ1) is 13.1. The second-order valence-corrected chi connectivity index (χ2v) is 6.08. The van der Waals surface area contributed by atoms with Crippen LogP contribution in [0.15, 0.2) is 4.47 Å². The van der Waals surface area contributed by atoms with E-state index in [-0.39, 0.29) is 12.8 Å². The molecule has 0 bridgehead atoms. The van der Waals surface area contributed by atoms with E-state index in [9.17, 15) is 8.78 Å². The molecule has 6 heteroatoms. The van der Waals surface area contributed by atoms with Gasteiger partial charge in [-0.05, 0) is 46.3 Å². The van der Waals surface area contributed by atoms with Gasteiger partial charge in [-0.3, -0.25) is 0 Å². The quantitative estimate of drug-likeness (QED) is 0.859. The molecular formula is C13H16BrF2N3. The molecular weight excluding hydrogens is 316 g/mol. The van der Waals surface area contributed by atoms with Crippen LogP contribution in [0.5, 0.6) is 0 Å². The zero-order valence-electron chi connectivity index (χ0n) is 10.6. The van der Waals surface area contributed by atoms with E-state index in [0.29, 0.717) is 18.9 Å². The van der Waals surface area contributed by atoms with Gasteiger partial charge in [-0.15, -0.1) is 0 Å². The number of piperidine rings is 1. The average Bonchev–Trinajstić information content (AvgIpc) is 2.83. The summed E-state index contributed by atoms with van der Waals surface area (Å²) in [6, 6.07) is 0. The highest BCUT2D eigenvalue weighted by molar-refractivity contribution is 9.10. The molecule has 3 rings (SSSR count). The first-order chi connectivity index (χ1) is 8.98. The smallest absolute Gasteiger partial charge is 0.251 e. The SMILES string of the molecule is Nc1nc(N2CCC(F)(F)CC2)c2c(c1Br)CCC2. The number of aromatic nitrogens is 1. The lowest BCUT2D eigenvalue weighted by Gasteiger charge is -2.34. The molecule has 0 spiro atoms. The number of nitrogens with two attached hydrogens (primary N) is 1. The van der Waals surface area contributed by atoms with E-state index in [1.165, 1.54) is 11.1 Å². The second kappa shape index (κ2) is 4.58. The standard InChI is InChI=1S/C13H16BrF2N3/c14-10-8-2-1-3-9(8)12(18-11(10)17)19-6-4-13(15,16)5-7-19/h1-7H2,(H2,17,18).